The van der Waals surface area contributed by atoms with Crippen LogP contribution in [0.1, 0.15) is 19.8 Å². The summed E-state index contributed by atoms with van der Waals surface area (Å²) in [5.74, 6) is 0.0208. The monoisotopic (exact) mass is 137 g/mol. The van der Waals surface area contributed by atoms with Gasteiger partial charge < -0.3 is 0 Å². The summed E-state index contributed by atoms with van der Waals surface area (Å²) >= 11 is 0. The Morgan fingerprint density at radius 1 is 1.40 bits per heavy atom. The molecule has 0 N–H and O–H groups in total. The van der Waals surface area contributed by atoms with Gasteiger partial charge in [-0.2, -0.15) is 0 Å². The minimum Gasteiger partial charge on any atom is -0.290 e. The third-order valence-corrected chi connectivity index (χ3v) is 1.65. The summed E-state index contributed by atoms with van der Waals surface area (Å²) in [6.07, 6.45) is 1.75. The summed E-state index contributed by atoms with van der Waals surface area (Å²) < 4.78 is 0. The van der Waals surface area contributed by atoms with E-state index in [1.807, 2.05) is 0 Å². The highest BCUT2D eigenvalue weighted by atomic mass is 16.2. The molecule has 1 aliphatic rings. The first kappa shape index (κ1) is 7.06. The Hall–Kier alpha value is -1.05. The van der Waals surface area contributed by atoms with Crippen LogP contribution >= 0.6 is 0 Å². The van der Waals surface area contributed by atoms with E-state index in [1.165, 1.54) is 6.92 Å². The van der Waals surface area contributed by atoms with Gasteiger partial charge in [-0.25, -0.2) is 0 Å². The molecule has 0 unspecified atom stereocenters. The zero-order valence-corrected chi connectivity index (χ0v) is 6.18. The Kier molecular flexibility index (Phi) is 1.62. The van der Waals surface area contributed by atoms with E-state index in [2.05, 4.69) is 13.2 Å². The van der Waals surface area contributed by atoms with Gasteiger partial charge in [0.25, 0.3) is 0 Å². The maximum atomic E-state index is 10.9. The van der Waals surface area contributed by atoms with E-state index in [-0.39, 0.29) is 5.91 Å². The number of rotatable bonds is 0. The van der Waals surface area contributed by atoms with Crippen LogP contribution in [-0.4, -0.2) is 10.8 Å². The normalized spacial score (nSPS) is 18.3. The molecule has 1 rings (SSSR count). The minimum absolute atomic E-state index is 0.0208. The van der Waals surface area contributed by atoms with Crippen LogP contribution in [0.4, 0.5) is 0 Å². The summed E-state index contributed by atoms with van der Waals surface area (Å²) in [5.41, 5.74) is 1.75. The molecule has 1 amide bonds. The Morgan fingerprint density at radius 2 is 1.80 bits per heavy atom. The molecule has 54 valence electrons. The summed E-state index contributed by atoms with van der Waals surface area (Å²) in [7, 11) is 0. The third-order valence-electron chi connectivity index (χ3n) is 1.65. The molecule has 1 fully saturated rings. The van der Waals surface area contributed by atoms with Crippen LogP contribution in [0.15, 0.2) is 24.6 Å². The van der Waals surface area contributed by atoms with E-state index >= 15 is 0 Å². The second kappa shape index (κ2) is 2.29. The predicted molar refractivity (Wildman–Crippen MR) is 40.0 cm³/mol. The number of hydrogen-bond acceptors (Lipinski definition) is 1. The van der Waals surface area contributed by atoms with Crippen molar-refractivity contribution in [3.05, 3.63) is 24.6 Å². The Morgan fingerprint density at radius 3 is 2.00 bits per heavy atom. The van der Waals surface area contributed by atoms with Gasteiger partial charge in [-0.05, 0) is 12.8 Å². The van der Waals surface area contributed by atoms with Crippen LogP contribution in [0.5, 0.6) is 0 Å². The van der Waals surface area contributed by atoms with Crippen LogP contribution < -0.4 is 0 Å². The molecule has 0 bridgehead atoms. The second-order valence-electron chi connectivity index (χ2n) is 2.49. The van der Waals surface area contributed by atoms with Gasteiger partial charge in [0.15, 0.2) is 0 Å². The largest absolute Gasteiger partial charge is 0.290 e. The molecule has 0 aromatic heterocycles. The van der Waals surface area contributed by atoms with E-state index in [4.69, 9.17) is 0 Å². The first-order valence-corrected chi connectivity index (χ1v) is 3.29. The van der Waals surface area contributed by atoms with Gasteiger partial charge >= 0.3 is 0 Å². The molecule has 0 aromatic carbocycles. The summed E-state index contributed by atoms with van der Waals surface area (Å²) in [6, 6.07) is 0. The van der Waals surface area contributed by atoms with E-state index in [0.717, 1.165) is 24.2 Å². The maximum Gasteiger partial charge on any atom is 0.227 e. The number of carbonyl (C=O) groups excluding carboxylic acids is 1. The quantitative estimate of drug-likeness (QED) is 0.497. The van der Waals surface area contributed by atoms with Crippen molar-refractivity contribution in [2.24, 2.45) is 0 Å². The van der Waals surface area contributed by atoms with Gasteiger partial charge in [-0.15, -0.1) is 0 Å². The van der Waals surface area contributed by atoms with Crippen LogP contribution in [0.3, 0.4) is 0 Å². The molecule has 2 heteroatoms. The van der Waals surface area contributed by atoms with Gasteiger partial charge in [0.05, 0.1) is 0 Å². The first-order valence-electron chi connectivity index (χ1n) is 3.29. The lowest BCUT2D eigenvalue weighted by atomic mass is 10.3. The first-order chi connectivity index (χ1) is 4.63. The van der Waals surface area contributed by atoms with Gasteiger partial charge in [-0.3, -0.25) is 9.69 Å². The van der Waals surface area contributed by atoms with Gasteiger partial charge in [0, 0.05) is 18.3 Å². The lowest BCUT2D eigenvalue weighted by Gasteiger charge is -2.14. The molecule has 0 atom stereocenters. The second-order valence-corrected chi connectivity index (χ2v) is 2.49. The van der Waals surface area contributed by atoms with Crippen molar-refractivity contribution in [3.63, 3.8) is 0 Å². The zero-order chi connectivity index (χ0) is 7.72. The fourth-order valence-corrected chi connectivity index (χ4v) is 1.18. The highest BCUT2D eigenvalue weighted by molar-refractivity contribution is 5.77. The maximum absolute atomic E-state index is 10.9. The fourth-order valence-electron chi connectivity index (χ4n) is 1.18. The molecule has 0 radical (unpaired) electrons. The van der Waals surface area contributed by atoms with Crippen molar-refractivity contribution in [3.8, 4) is 0 Å². The standard InChI is InChI=1S/C8H11NO/c1-6-4-5-7(2)9(6)8(3)10/h1-2,4-5H2,3H3. The lowest BCUT2D eigenvalue weighted by molar-refractivity contribution is -0.124. The summed E-state index contributed by atoms with van der Waals surface area (Å²) in [4.78, 5) is 12.5. The molecule has 0 aromatic rings. The SMILES string of the molecule is C=C1CCC(=C)N1C(C)=O. The van der Waals surface area contributed by atoms with Gasteiger partial charge in [-0.1, -0.05) is 13.2 Å². The molecule has 0 spiro atoms. The molecule has 1 aliphatic heterocycles. The van der Waals surface area contributed by atoms with E-state index < -0.39 is 0 Å². The number of carbonyl (C=O) groups is 1. The molecule has 0 saturated carbocycles. The van der Waals surface area contributed by atoms with Crippen LogP contribution in [0.2, 0.25) is 0 Å². The van der Waals surface area contributed by atoms with Crippen LogP contribution in [0, 0.1) is 0 Å². The van der Waals surface area contributed by atoms with Gasteiger partial charge in [0.2, 0.25) is 5.91 Å². The number of likely N-dealkylation sites (tertiary alicyclic amines) is 1. The van der Waals surface area contributed by atoms with Crippen LogP contribution in [0.25, 0.3) is 0 Å². The van der Waals surface area contributed by atoms with Crippen LogP contribution in [-0.2, 0) is 4.79 Å². The van der Waals surface area contributed by atoms with E-state index in [1.54, 1.807) is 4.90 Å². The number of allylic oxidation sites excluding steroid dienone is 2. The highest BCUT2D eigenvalue weighted by Crippen LogP contribution is 2.27. The van der Waals surface area contributed by atoms with Crippen molar-refractivity contribution in [2.75, 3.05) is 0 Å². The van der Waals surface area contributed by atoms with Crippen molar-refractivity contribution in [2.45, 2.75) is 19.8 Å². The molecular weight excluding hydrogens is 126 g/mol. The minimum atomic E-state index is 0.0208. The zero-order valence-electron chi connectivity index (χ0n) is 6.18. The molecule has 1 saturated heterocycles. The molecular formula is C8H11NO. The lowest BCUT2D eigenvalue weighted by Crippen LogP contribution is -2.20. The smallest absolute Gasteiger partial charge is 0.227 e. The molecule has 2 nitrogen and oxygen atoms in total. The van der Waals surface area contributed by atoms with Crippen molar-refractivity contribution >= 4 is 5.91 Å². The van der Waals surface area contributed by atoms with E-state index in [0.29, 0.717) is 0 Å². The number of hydrogen-bond donors (Lipinski definition) is 0. The van der Waals surface area contributed by atoms with E-state index in [9.17, 15) is 4.79 Å². The van der Waals surface area contributed by atoms with Crippen molar-refractivity contribution in [1.82, 2.24) is 4.90 Å². The average Bonchev–Trinajstić information content (AvgIpc) is 2.11. The number of amides is 1. The third kappa shape index (κ3) is 0.967. The fraction of sp³-hybridized carbons (Fsp3) is 0.375. The molecule has 1 heterocycles. The highest BCUT2D eigenvalue weighted by Gasteiger charge is 2.21. The topological polar surface area (TPSA) is 20.3 Å². The number of nitrogens with zero attached hydrogens (tertiary/aromatic N) is 1. The molecule has 10 heavy (non-hydrogen) atoms. The summed E-state index contributed by atoms with van der Waals surface area (Å²) in [5, 5.41) is 0. The Labute approximate surface area is 60.8 Å². The Bertz CT molecular complexity index is 189. The van der Waals surface area contributed by atoms with Crippen molar-refractivity contribution < 1.29 is 4.79 Å². The summed E-state index contributed by atoms with van der Waals surface area (Å²) in [6.45, 7) is 9.03. The average molecular weight is 137 g/mol. The predicted octanol–water partition coefficient (Wildman–Crippen LogP) is 1.66. The van der Waals surface area contributed by atoms with Crippen molar-refractivity contribution in [1.29, 1.82) is 0 Å². The van der Waals surface area contributed by atoms with Gasteiger partial charge in [0.1, 0.15) is 0 Å². The molecule has 0 aliphatic carbocycles. The Balaban J connectivity index is 2.82.